The summed E-state index contributed by atoms with van der Waals surface area (Å²) in [6.07, 6.45) is 0. The first-order chi connectivity index (χ1) is 13.2. The van der Waals surface area contributed by atoms with Crippen LogP contribution in [-0.2, 0) is 9.53 Å². The number of aryl methyl sites for hydroxylation is 1. The van der Waals surface area contributed by atoms with E-state index >= 15 is 0 Å². The van der Waals surface area contributed by atoms with Gasteiger partial charge in [0.2, 0.25) is 0 Å². The maximum atomic E-state index is 13.0. The lowest BCUT2D eigenvalue weighted by Gasteiger charge is -2.40. The Morgan fingerprint density at radius 3 is 2.15 bits per heavy atom. The SMILES string of the molecule is COC(=O)[C@H]1[C@H](c2ccccc2)c2cc(C)ccc2N[C@H]1c1ccccc1. The number of anilines is 1. The van der Waals surface area contributed by atoms with Crippen molar-refractivity contribution in [1.82, 2.24) is 0 Å². The molecule has 0 saturated carbocycles. The summed E-state index contributed by atoms with van der Waals surface area (Å²) in [6, 6.07) is 26.6. The molecule has 1 heterocycles. The fraction of sp³-hybridized carbons (Fsp3) is 0.208. The van der Waals surface area contributed by atoms with E-state index in [1.807, 2.05) is 36.4 Å². The van der Waals surface area contributed by atoms with Crippen molar-refractivity contribution in [3.63, 3.8) is 0 Å². The highest BCUT2D eigenvalue weighted by Crippen LogP contribution is 2.48. The third-order valence-corrected chi connectivity index (χ3v) is 5.36. The van der Waals surface area contributed by atoms with Gasteiger partial charge in [-0.1, -0.05) is 78.4 Å². The van der Waals surface area contributed by atoms with E-state index in [-0.39, 0.29) is 23.8 Å². The van der Waals surface area contributed by atoms with Crippen molar-refractivity contribution in [2.24, 2.45) is 5.92 Å². The van der Waals surface area contributed by atoms with E-state index in [1.54, 1.807) is 0 Å². The van der Waals surface area contributed by atoms with Gasteiger partial charge >= 0.3 is 5.97 Å². The molecule has 4 rings (SSSR count). The van der Waals surface area contributed by atoms with Crippen LogP contribution < -0.4 is 5.32 Å². The van der Waals surface area contributed by atoms with Gasteiger partial charge in [-0.25, -0.2) is 0 Å². The maximum Gasteiger partial charge on any atom is 0.312 e. The molecule has 1 N–H and O–H groups in total. The second-order valence-corrected chi connectivity index (χ2v) is 7.06. The topological polar surface area (TPSA) is 38.3 Å². The molecule has 3 aromatic rings. The minimum absolute atomic E-state index is 0.0694. The predicted molar refractivity (Wildman–Crippen MR) is 108 cm³/mol. The highest BCUT2D eigenvalue weighted by Gasteiger charge is 2.43. The monoisotopic (exact) mass is 357 g/mol. The van der Waals surface area contributed by atoms with Crippen molar-refractivity contribution < 1.29 is 9.53 Å². The molecule has 3 aromatic carbocycles. The highest BCUT2D eigenvalue weighted by atomic mass is 16.5. The molecule has 0 unspecified atom stereocenters. The van der Waals surface area contributed by atoms with Gasteiger partial charge in [0, 0.05) is 11.6 Å². The van der Waals surface area contributed by atoms with Crippen LogP contribution >= 0.6 is 0 Å². The third kappa shape index (κ3) is 3.21. The van der Waals surface area contributed by atoms with Crippen LogP contribution in [0, 0.1) is 12.8 Å². The van der Waals surface area contributed by atoms with Gasteiger partial charge in [-0.15, -0.1) is 0 Å². The lowest BCUT2D eigenvalue weighted by molar-refractivity contribution is -0.146. The zero-order chi connectivity index (χ0) is 18.8. The van der Waals surface area contributed by atoms with Crippen molar-refractivity contribution >= 4 is 11.7 Å². The summed E-state index contributed by atoms with van der Waals surface area (Å²) < 4.78 is 5.26. The van der Waals surface area contributed by atoms with Gasteiger partial charge in [0.25, 0.3) is 0 Å². The lowest BCUT2D eigenvalue weighted by Crippen LogP contribution is -2.38. The number of nitrogens with one attached hydrogen (secondary N) is 1. The van der Waals surface area contributed by atoms with Crippen molar-refractivity contribution in [3.05, 3.63) is 101 Å². The molecule has 136 valence electrons. The zero-order valence-corrected chi connectivity index (χ0v) is 15.6. The summed E-state index contributed by atoms with van der Waals surface area (Å²) in [4.78, 5) is 13.0. The number of benzene rings is 3. The van der Waals surface area contributed by atoms with Crippen LogP contribution in [0.4, 0.5) is 5.69 Å². The molecular formula is C24H23NO2. The van der Waals surface area contributed by atoms with E-state index < -0.39 is 0 Å². The molecular weight excluding hydrogens is 334 g/mol. The second-order valence-electron chi connectivity index (χ2n) is 7.06. The van der Waals surface area contributed by atoms with Gasteiger partial charge in [0.15, 0.2) is 0 Å². The van der Waals surface area contributed by atoms with Crippen LogP contribution in [0.3, 0.4) is 0 Å². The Kier molecular flexibility index (Phi) is 4.68. The van der Waals surface area contributed by atoms with Crippen LogP contribution in [-0.4, -0.2) is 13.1 Å². The summed E-state index contributed by atoms with van der Waals surface area (Å²) in [6.45, 7) is 2.08. The molecule has 0 radical (unpaired) electrons. The van der Waals surface area contributed by atoms with E-state index in [9.17, 15) is 4.79 Å². The average Bonchev–Trinajstić information content (AvgIpc) is 2.73. The molecule has 0 bridgehead atoms. The highest BCUT2D eigenvalue weighted by molar-refractivity contribution is 5.79. The standard InChI is InChI=1S/C24H23NO2/c1-16-13-14-20-19(15-16)21(17-9-5-3-6-10-17)22(24(26)27-2)23(25-20)18-11-7-4-8-12-18/h3-15,21-23,25H,1-2H3/t21-,22+,23+/m1/s1. The molecule has 0 aromatic heterocycles. The number of carbonyl (C=O) groups is 1. The summed E-state index contributed by atoms with van der Waals surface area (Å²) in [5, 5.41) is 3.60. The van der Waals surface area contributed by atoms with E-state index in [0.717, 1.165) is 22.4 Å². The molecule has 3 heteroatoms. The normalized spacial score (nSPS) is 21.0. The van der Waals surface area contributed by atoms with Gasteiger partial charge in [-0.05, 0) is 29.7 Å². The van der Waals surface area contributed by atoms with Crippen molar-refractivity contribution in [2.75, 3.05) is 12.4 Å². The fourth-order valence-electron chi connectivity index (χ4n) is 4.12. The fourth-order valence-corrected chi connectivity index (χ4v) is 4.12. The lowest BCUT2D eigenvalue weighted by atomic mass is 9.71. The number of fused-ring (bicyclic) bond motifs is 1. The van der Waals surface area contributed by atoms with E-state index in [1.165, 1.54) is 12.7 Å². The number of esters is 1. The molecule has 0 aliphatic carbocycles. The van der Waals surface area contributed by atoms with Gasteiger partial charge in [-0.3, -0.25) is 4.79 Å². The summed E-state index contributed by atoms with van der Waals surface area (Å²) in [7, 11) is 1.47. The average molecular weight is 357 g/mol. The molecule has 1 aliphatic rings. The Bertz CT molecular complexity index is 937. The molecule has 1 aliphatic heterocycles. The Hall–Kier alpha value is -3.07. The predicted octanol–water partition coefficient (Wildman–Crippen LogP) is 5.08. The number of hydrogen-bond acceptors (Lipinski definition) is 3. The van der Waals surface area contributed by atoms with Gasteiger partial charge < -0.3 is 10.1 Å². The number of ether oxygens (including phenoxy) is 1. The molecule has 3 atom stereocenters. The largest absolute Gasteiger partial charge is 0.469 e. The molecule has 0 fully saturated rings. The van der Waals surface area contributed by atoms with Crippen molar-refractivity contribution in [3.8, 4) is 0 Å². The smallest absolute Gasteiger partial charge is 0.312 e. The summed E-state index contributed by atoms with van der Waals surface area (Å²) >= 11 is 0. The van der Waals surface area contributed by atoms with Crippen LogP contribution in [0.2, 0.25) is 0 Å². The van der Waals surface area contributed by atoms with Crippen LogP contribution in [0.25, 0.3) is 0 Å². The second kappa shape index (κ2) is 7.28. The van der Waals surface area contributed by atoms with E-state index in [2.05, 4.69) is 54.7 Å². The summed E-state index contributed by atoms with van der Waals surface area (Å²) in [5.41, 5.74) is 5.60. The Balaban J connectivity index is 1.93. The molecule has 0 amide bonds. The quantitative estimate of drug-likeness (QED) is 0.664. The number of carbonyl (C=O) groups excluding carboxylic acids is 1. The Morgan fingerprint density at radius 1 is 0.889 bits per heavy atom. The van der Waals surface area contributed by atoms with E-state index in [0.29, 0.717) is 0 Å². The van der Waals surface area contributed by atoms with E-state index in [4.69, 9.17) is 4.74 Å². The van der Waals surface area contributed by atoms with Crippen molar-refractivity contribution in [2.45, 2.75) is 18.9 Å². The van der Waals surface area contributed by atoms with Gasteiger partial charge in [0.05, 0.1) is 19.1 Å². The molecule has 0 saturated heterocycles. The summed E-state index contributed by atoms with van der Waals surface area (Å²) in [5.74, 6) is -0.619. The molecule has 3 nitrogen and oxygen atoms in total. The number of rotatable bonds is 3. The Morgan fingerprint density at radius 2 is 1.52 bits per heavy atom. The number of hydrogen-bond donors (Lipinski definition) is 1. The van der Waals surface area contributed by atoms with Crippen LogP contribution in [0.15, 0.2) is 78.9 Å². The molecule has 27 heavy (non-hydrogen) atoms. The first-order valence-corrected chi connectivity index (χ1v) is 9.24. The minimum atomic E-state index is -0.353. The van der Waals surface area contributed by atoms with Crippen LogP contribution in [0.1, 0.15) is 34.2 Å². The van der Waals surface area contributed by atoms with Crippen LogP contribution in [0.5, 0.6) is 0 Å². The first kappa shape index (κ1) is 17.3. The maximum absolute atomic E-state index is 13.0. The van der Waals surface area contributed by atoms with Gasteiger partial charge in [-0.2, -0.15) is 0 Å². The zero-order valence-electron chi connectivity index (χ0n) is 15.6. The molecule has 0 spiro atoms. The third-order valence-electron chi connectivity index (χ3n) is 5.36. The van der Waals surface area contributed by atoms with Gasteiger partial charge in [0.1, 0.15) is 0 Å². The Labute approximate surface area is 160 Å². The minimum Gasteiger partial charge on any atom is -0.469 e. The first-order valence-electron chi connectivity index (χ1n) is 9.24. The van der Waals surface area contributed by atoms with Crippen molar-refractivity contribution in [1.29, 1.82) is 0 Å². The number of methoxy groups -OCH3 is 1.